The van der Waals surface area contributed by atoms with Gasteiger partial charge in [0.15, 0.2) is 0 Å². The molecule has 3 heteroatoms. The average Bonchev–Trinajstić information content (AvgIpc) is 2.62. The Balaban J connectivity index is 1.82. The highest BCUT2D eigenvalue weighted by molar-refractivity contribution is 5.87. The highest BCUT2D eigenvalue weighted by Gasteiger charge is 2.53. The molecule has 2 aromatic rings. The molecular weight excluding hydrogens is 303 g/mol. The molecule has 3 aliphatic carbocycles. The highest BCUT2D eigenvalue weighted by Crippen LogP contribution is 2.58. The van der Waals surface area contributed by atoms with Gasteiger partial charge in [-0.15, -0.1) is 0 Å². The molecule has 2 aromatic carbocycles. The minimum atomic E-state index is -0.640. The zero-order valence-electron chi connectivity index (χ0n) is 14.0. The molecule has 2 nitrogen and oxygen atoms in total. The van der Waals surface area contributed by atoms with Crippen LogP contribution in [-0.2, 0) is 11.2 Å². The Hall–Kier alpha value is -1.90. The van der Waals surface area contributed by atoms with Crippen molar-refractivity contribution in [2.24, 2.45) is 11.3 Å². The van der Waals surface area contributed by atoms with E-state index < -0.39 is 11.4 Å². The maximum Gasteiger partial charge on any atom is 0.310 e. The molecule has 3 saturated carbocycles. The number of carboxylic acids is 1. The Morgan fingerprint density at radius 2 is 2.00 bits per heavy atom. The first kappa shape index (κ1) is 15.6. The van der Waals surface area contributed by atoms with Gasteiger partial charge >= 0.3 is 5.97 Å². The van der Waals surface area contributed by atoms with Gasteiger partial charge in [-0.3, -0.25) is 4.79 Å². The van der Waals surface area contributed by atoms with Crippen LogP contribution in [0.15, 0.2) is 30.3 Å². The third-order valence-electron chi connectivity index (χ3n) is 6.51. The number of carboxylic acid groups (broad SMARTS) is 1. The molecule has 0 amide bonds. The maximum absolute atomic E-state index is 14.0. The van der Waals surface area contributed by atoms with E-state index in [1.54, 1.807) is 0 Å². The summed E-state index contributed by atoms with van der Waals surface area (Å²) in [4.78, 5) is 12.1. The van der Waals surface area contributed by atoms with Crippen LogP contribution in [0.4, 0.5) is 4.39 Å². The second kappa shape index (κ2) is 5.58. The quantitative estimate of drug-likeness (QED) is 0.832. The number of rotatable bonds is 3. The fraction of sp³-hybridized carbons (Fsp3) is 0.476. The molecule has 5 rings (SSSR count). The van der Waals surface area contributed by atoms with E-state index in [0.717, 1.165) is 54.0 Å². The van der Waals surface area contributed by atoms with Crippen molar-refractivity contribution < 1.29 is 14.3 Å². The van der Waals surface area contributed by atoms with Crippen molar-refractivity contribution in [1.29, 1.82) is 0 Å². The molecule has 2 bridgehead atoms. The molecule has 3 fully saturated rings. The summed E-state index contributed by atoms with van der Waals surface area (Å²) in [7, 11) is 0. The van der Waals surface area contributed by atoms with E-state index in [1.807, 2.05) is 25.1 Å². The van der Waals surface area contributed by atoms with E-state index in [2.05, 4.69) is 6.07 Å². The van der Waals surface area contributed by atoms with Crippen LogP contribution >= 0.6 is 0 Å². The van der Waals surface area contributed by atoms with Gasteiger partial charge in [-0.2, -0.15) is 0 Å². The third kappa shape index (κ3) is 2.17. The molecular formula is C21H23FO2. The van der Waals surface area contributed by atoms with Gasteiger partial charge < -0.3 is 5.11 Å². The zero-order chi connectivity index (χ0) is 16.9. The largest absolute Gasteiger partial charge is 0.481 e. The van der Waals surface area contributed by atoms with E-state index in [4.69, 9.17) is 0 Å². The van der Waals surface area contributed by atoms with Crippen LogP contribution < -0.4 is 0 Å². The number of hydrogen-bond acceptors (Lipinski definition) is 1. The molecule has 0 spiro atoms. The summed E-state index contributed by atoms with van der Waals surface area (Å²) in [5.41, 5.74) is 1.26. The smallest absolute Gasteiger partial charge is 0.310 e. The minimum Gasteiger partial charge on any atom is -0.481 e. The maximum atomic E-state index is 14.0. The molecule has 126 valence electrons. The second-order valence-corrected chi connectivity index (χ2v) is 7.55. The summed E-state index contributed by atoms with van der Waals surface area (Å²) < 4.78 is 14.0. The van der Waals surface area contributed by atoms with Crippen molar-refractivity contribution in [2.45, 2.75) is 51.4 Å². The lowest BCUT2D eigenvalue weighted by atomic mass is 9.53. The molecule has 0 aliphatic heterocycles. The lowest BCUT2D eigenvalue weighted by Crippen LogP contribution is -2.46. The summed E-state index contributed by atoms with van der Waals surface area (Å²) in [5, 5.41) is 11.9. The monoisotopic (exact) mass is 326 g/mol. The van der Waals surface area contributed by atoms with Gasteiger partial charge in [0.1, 0.15) is 5.82 Å². The van der Waals surface area contributed by atoms with Crippen molar-refractivity contribution in [3.63, 3.8) is 0 Å². The lowest BCUT2D eigenvalue weighted by molar-refractivity contribution is -0.157. The van der Waals surface area contributed by atoms with Crippen LogP contribution in [0.1, 0.15) is 56.1 Å². The SMILES string of the molecule is CCc1c(F)ccc2cc(C3CC4CCC3(C(=O)O)CC4)ccc12. The topological polar surface area (TPSA) is 37.3 Å². The average molecular weight is 326 g/mol. The van der Waals surface area contributed by atoms with E-state index in [1.165, 1.54) is 6.07 Å². The Bertz CT molecular complexity index is 803. The number of benzene rings is 2. The molecule has 0 saturated heterocycles. The molecule has 1 N–H and O–H groups in total. The number of fused-ring (bicyclic) bond motifs is 4. The highest BCUT2D eigenvalue weighted by atomic mass is 19.1. The number of hydrogen-bond donors (Lipinski definition) is 1. The Kier molecular flexibility index (Phi) is 3.63. The molecule has 3 aliphatic rings. The summed E-state index contributed by atoms with van der Waals surface area (Å²) >= 11 is 0. The Morgan fingerprint density at radius 3 is 2.67 bits per heavy atom. The van der Waals surface area contributed by atoms with Crippen molar-refractivity contribution in [2.75, 3.05) is 0 Å². The van der Waals surface area contributed by atoms with Gasteiger partial charge in [0, 0.05) is 5.92 Å². The van der Waals surface area contributed by atoms with Crippen molar-refractivity contribution >= 4 is 16.7 Å². The fourth-order valence-electron chi connectivity index (χ4n) is 5.12. The molecule has 1 unspecified atom stereocenters. The Morgan fingerprint density at radius 1 is 1.25 bits per heavy atom. The standard InChI is InChI=1S/C21H23FO2/c1-2-16-17-5-3-15(12-14(17)4-6-19(16)22)18-11-13-7-9-21(18,10-8-13)20(23)24/h3-6,12-13,18H,2,7-11H2,1H3,(H,23,24). The van der Waals surface area contributed by atoms with Crippen LogP contribution in [-0.4, -0.2) is 11.1 Å². The van der Waals surface area contributed by atoms with Gasteiger partial charge in [-0.05, 0) is 72.4 Å². The summed E-state index contributed by atoms with van der Waals surface area (Å²) in [6.07, 6.45) is 5.30. The normalized spacial score (nSPS) is 29.1. The molecule has 1 atom stereocenters. The fourth-order valence-corrected chi connectivity index (χ4v) is 5.12. The summed E-state index contributed by atoms with van der Waals surface area (Å²) in [6.45, 7) is 1.96. The van der Waals surface area contributed by atoms with Gasteiger partial charge in [0.05, 0.1) is 5.41 Å². The van der Waals surface area contributed by atoms with Gasteiger partial charge in [0.25, 0.3) is 0 Å². The predicted molar refractivity (Wildman–Crippen MR) is 92.7 cm³/mol. The second-order valence-electron chi connectivity index (χ2n) is 7.55. The van der Waals surface area contributed by atoms with E-state index in [0.29, 0.717) is 12.3 Å². The van der Waals surface area contributed by atoms with Crippen LogP contribution in [0.25, 0.3) is 10.8 Å². The van der Waals surface area contributed by atoms with Crippen LogP contribution in [0.5, 0.6) is 0 Å². The first-order chi connectivity index (χ1) is 11.5. The molecule has 0 heterocycles. The number of aryl methyl sites for hydroxylation is 1. The van der Waals surface area contributed by atoms with E-state index in [9.17, 15) is 14.3 Å². The third-order valence-corrected chi connectivity index (χ3v) is 6.51. The molecule has 0 radical (unpaired) electrons. The van der Waals surface area contributed by atoms with Crippen LogP contribution in [0.2, 0.25) is 0 Å². The van der Waals surface area contributed by atoms with Crippen molar-refractivity contribution in [3.05, 3.63) is 47.3 Å². The van der Waals surface area contributed by atoms with Gasteiger partial charge in [0.2, 0.25) is 0 Å². The first-order valence-electron chi connectivity index (χ1n) is 8.99. The number of halogens is 1. The van der Waals surface area contributed by atoms with Crippen molar-refractivity contribution in [1.82, 2.24) is 0 Å². The van der Waals surface area contributed by atoms with Crippen LogP contribution in [0, 0.1) is 17.2 Å². The van der Waals surface area contributed by atoms with E-state index in [-0.39, 0.29) is 11.7 Å². The van der Waals surface area contributed by atoms with Crippen LogP contribution in [0.3, 0.4) is 0 Å². The van der Waals surface area contributed by atoms with E-state index >= 15 is 0 Å². The zero-order valence-corrected chi connectivity index (χ0v) is 14.0. The summed E-state index contributed by atoms with van der Waals surface area (Å²) in [5.74, 6) is -0.0519. The van der Waals surface area contributed by atoms with Gasteiger partial charge in [-0.1, -0.05) is 31.2 Å². The lowest BCUT2D eigenvalue weighted by Gasteiger charge is -2.49. The minimum absolute atomic E-state index is 0.0852. The first-order valence-corrected chi connectivity index (χ1v) is 8.99. The molecule has 0 aromatic heterocycles. The predicted octanol–water partition coefficient (Wildman–Crippen LogP) is 5.29. The van der Waals surface area contributed by atoms with Crippen molar-refractivity contribution in [3.8, 4) is 0 Å². The van der Waals surface area contributed by atoms with Gasteiger partial charge in [-0.25, -0.2) is 4.39 Å². The number of carbonyl (C=O) groups is 1. The number of aliphatic carboxylic acids is 1. The molecule has 24 heavy (non-hydrogen) atoms. The Labute approximate surface area is 141 Å². The summed E-state index contributed by atoms with van der Waals surface area (Å²) in [6, 6.07) is 9.48.